The van der Waals surface area contributed by atoms with Crippen molar-refractivity contribution >= 4 is 7.60 Å². The normalized spacial score (nSPS) is 13.4. The highest BCUT2D eigenvalue weighted by molar-refractivity contribution is 7.51. The van der Waals surface area contributed by atoms with E-state index in [0.717, 1.165) is 18.4 Å². The number of unbranched alkanes of at least 4 members (excludes halogenated alkanes) is 2. The van der Waals surface area contributed by atoms with Crippen LogP contribution in [0.2, 0.25) is 0 Å². The fourth-order valence-corrected chi connectivity index (χ4v) is 1.51. The Hall–Kier alpha value is -0.150. The van der Waals surface area contributed by atoms with Gasteiger partial charge in [-0.05, 0) is 26.2 Å². The molecule has 5 heteroatoms. The maximum absolute atomic E-state index is 10.4. The summed E-state index contributed by atoms with van der Waals surface area (Å²) in [6.07, 6.45) is 3.90. The molecule has 0 fully saturated rings. The summed E-state index contributed by atoms with van der Waals surface area (Å²) in [4.78, 5) is 17.1. The molecule has 0 heterocycles. The summed E-state index contributed by atoms with van der Waals surface area (Å²) in [6, 6.07) is 0. The summed E-state index contributed by atoms with van der Waals surface area (Å²) in [5, 5.41) is 8.63. The van der Waals surface area contributed by atoms with Gasteiger partial charge in [0.25, 0.3) is 0 Å². The van der Waals surface area contributed by atoms with Crippen molar-refractivity contribution in [2.45, 2.75) is 26.2 Å². The molecule has 0 aliphatic rings. The molecule has 0 aliphatic carbocycles. The van der Waals surface area contributed by atoms with E-state index in [9.17, 15) is 4.57 Å². The van der Waals surface area contributed by atoms with E-state index >= 15 is 0 Å². The molecule has 0 aromatic heterocycles. The summed E-state index contributed by atoms with van der Waals surface area (Å²) in [5.74, 6) is 0. The highest BCUT2D eigenvalue weighted by atomic mass is 31.2. The van der Waals surface area contributed by atoms with Crippen molar-refractivity contribution in [1.29, 1.82) is 0 Å². The summed E-state index contributed by atoms with van der Waals surface area (Å²) >= 11 is 0. The molecule has 13 heavy (non-hydrogen) atoms. The van der Waals surface area contributed by atoms with Crippen LogP contribution in [0.4, 0.5) is 0 Å². The van der Waals surface area contributed by atoms with Crippen LogP contribution in [0.3, 0.4) is 0 Å². The Morgan fingerprint density at radius 3 is 2.46 bits per heavy atom. The maximum atomic E-state index is 10.4. The minimum absolute atomic E-state index is 0.0426. The van der Waals surface area contributed by atoms with Gasteiger partial charge in [0.2, 0.25) is 0 Å². The van der Waals surface area contributed by atoms with E-state index in [1.165, 1.54) is 0 Å². The predicted octanol–water partition coefficient (Wildman–Crippen LogP) is 1.27. The largest absolute Gasteiger partial charge is 0.392 e. The fourth-order valence-electron chi connectivity index (χ4n) is 0.875. The third kappa shape index (κ3) is 9.77. The van der Waals surface area contributed by atoms with E-state index in [1.807, 2.05) is 13.0 Å². The van der Waals surface area contributed by atoms with E-state index in [-0.39, 0.29) is 12.8 Å². The molecule has 0 bridgehead atoms. The molecule has 0 aliphatic heterocycles. The van der Waals surface area contributed by atoms with Crippen LogP contribution in [-0.4, -0.2) is 27.7 Å². The SMILES string of the molecule is C/C(=C\CCCCP(=O)(O)O)CO. The number of allylic oxidation sites excluding steroid dienone is 1. The Kier molecular flexibility index (Phi) is 6.25. The number of rotatable bonds is 6. The smallest absolute Gasteiger partial charge is 0.325 e. The average molecular weight is 208 g/mol. The van der Waals surface area contributed by atoms with Crippen molar-refractivity contribution in [2.75, 3.05) is 12.8 Å². The Bertz CT molecular complexity index is 206. The van der Waals surface area contributed by atoms with Crippen LogP contribution < -0.4 is 0 Å². The van der Waals surface area contributed by atoms with Gasteiger partial charge in [0.15, 0.2) is 0 Å². The molecule has 0 aromatic carbocycles. The first-order chi connectivity index (χ1) is 5.95. The highest BCUT2D eigenvalue weighted by Crippen LogP contribution is 2.35. The van der Waals surface area contributed by atoms with E-state index in [2.05, 4.69) is 0 Å². The van der Waals surface area contributed by atoms with E-state index in [4.69, 9.17) is 14.9 Å². The molecule has 0 saturated heterocycles. The van der Waals surface area contributed by atoms with Crippen molar-refractivity contribution in [1.82, 2.24) is 0 Å². The van der Waals surface area contributed by atoms with Crippen LogP contribution in [0.1, 0.15) is 26.2 Å². The molecular formula is C8H17O4P. The topological polar surface area (TPSA) is 77.8 Å². The van der Waals surface area contributed by atoms with Crippen molar-refractivity contribution in [2.24, 2.45) is 0 Å². The van der Waals surface area contributed by atoms with Crippen molar-refractivity contribution in [3.63, 3.8) is 0 Å². The Labute approximate surface area is 78.4 Å². The van der Waals surface area contributed by atoms with Gasteiger partial charge in [-0.15, -0.1) is 0 Å². The lowest BCUT2D eigenvalue weighted by molar-refractivity contribution is 0.330. The Balaban J connectivity index is 3.43. The number of aliphatic hydroxyl groups is 1. The van der Waals surface area contributed by atoms with Gasteiger partial charge in [-0.2, -0.15) is 0 Å². The van der Waals surface area contributed by atoms with Crippen LogP contribution >= 0.6 is 7.60 Å². The maximum Gasteiger partial charge on any atom is 0.325 e. The van der Waals surface area contributed by atoms with Gasteiger partial charge in [0, 0.05) is 6.16 Å². The lowest BCUT2D eigenvalue weighted by atomic mass is 10.2. The number of aliphatic hydroxyl groups excluding tert-OH is 1. The van der Waals surface area contributed by atoms with Gasteiger partial charge < -0.3 is 14.9 Å². The molecule has 4 nitrogen and oxygen atoms in total. The van der Waals surface area contributed by atoms with Gasteiger partial charge in [-0.3, -0.25) is 4.57 Å². The zero-order valence-corrected chi connectivity index (χ0v) is 8.70. The molecular weight excluding hydrogens is 191 g/mol. The third-order valence-corrected chi connectivity index (χ3v) is 2.54. The molecule has 78 valence electrons. The monoisotopic (exact) mass is 208 g/mol. The van der Waals surface area contributed by atoms with Gasteiger partial charge in [0.1, 0.15) is 0 Å². The summed E-state index contributed by atoms with van der Waals surface area (Å²) < 4.78 is 10.4. The second-order valence-corrected chi connectivity index (χ2v) is 4.87. The highest BCUT2D eigenvalue weighted by Gasteiger charge is 2.10. The lowest BCUT2D eigenvalue weighted by Crippen LogP contribution is -1.88. The molecule has 0 amide bonds. The molecule has 0 unspecified atom stereocenters. The van der Waals surface area contributed by atoms with Crippen LogP contribution in [0, 0.1) is 0 Å². The number of hydrogen-bond acceptors (Lipinski definition) is 2. The summed E-state index contributed by atoms with van der Waals surface area (Å²) in [7, 11) is -3.81. The van der Waals surface area contributed by atoms with Crippen molar-refractivity contribution in [3.8, 4) is 0 Å². The van der Waals surface area contributed by atoms with Crippen molar-refractivity contribution < 1.29 is 19.5 Å². The van der Waals surface area contributed by atoms with E-state index in [1.54, 1.807) is 0 Å². The van der Waals surface area contributed by atoms with Crippen LogP contribution in [0.15, 0.2) is 11.6 Å². The lowest BCUT2D eigenvalue weighted by Gasteiger charge is -2.01. The second kappa shape index (κ2) is 6.33. The van der Waals surface area contributed by atoms with Crippen molar-refractivity contribution in [3.05, 3.63) is 11.6 Å². The Morgan fingerprint density at radius 2 is 2.00 bits per heavy atom. The zero-order valence-electron chi connectivity index (χ0n) is 7.81. The molecule has 3 N–H and O–H groups in total. The van der Waals surface area contributed by atoms with Crippen LogP contribution in [0.5, 0.6) is 0 Å². The summed E-state index contributed by atoms with van der Waals surface area (Å²) in [5.41, 5.74) is 0.899. The first kappa shape index (κ1) is 12.8. The first-order valence-electron chi connectivity index (χ1n) is 4.27. The minimum atomic E-state index is -3.81. The zero-order chi connectivity index (χ0) is 10.3. The van der Waals surface area contributed by atoms with Gasteiger partial charge in [0.05, 0.1) is 6.61 Å². The standard InChI is InChI=1S/C8H17O4P/c1-8(7-9)5-3-2-4-6-13(10,11)12/h5,9H,2-4,6-7H2,1H3,(H2,10,11,12)/b8-5+. The van der Waals surface area contributed by atoms with Gasteiger partial charge >= 0.3 is 7.60 Å². The summed E-state index contributed by atoms with van der Waals surface area (Å²) in [6.45, 7) is 1.88. The fraction of sp³-hybridized carbons (Fsp3) is 0.750. The first-order valence-corrected chi connectivity index (χ1v) is 6.06. The molecule has 0 radical (unpaired) electrons. The minimum Gasteiger partial charge on any atom is -0.392 e. The van der Waals surface area contributed by atoms with Gasteiger partial charge in [-0.1, -0.05) is 11.6 Å². The quantitative estimate of drug-likeness (QED) is 0.349. The van der Waals surface area contributed by atoms with Crippen LogP contribution in [-0.2, 0) is 4.57 Å². The Morgan fingerprint density at radius 1 is 1.38 bits per heavy atom. The van der Waals surface area contributed by atoms with Crippen LogP contribution in [0.25, 0.3) is 0 Å². The second-order valence-electron chi connectivity index (χ2n) is 3.09. The molecule has 0 saturated carbocycles. The third-order valence-electron chi connectivity index (χ3n) is 1.65. The average Bonchev–Trinajstić information content (AvgIpc) is 2.01. The van der Waals surface area contributed by atoms with Gasteiger partial charge in [-0.25, -0.2) is 0 Å². The van der Waals surface area contributed by atoms with E-state index < -0.39 is 7.60 Å². The number of hydrogen-bond donors (Lipinski definition) is 3. The molecule has 0 aromatic rings. The van der Waals surface area contributed by atoms with E-state index in [0.29, 0.717) is 6.42 Å². The predicted molar refractivity (Wildman–Crippen MR) is 51.6 cm³/mol. The molecule has 0 spiro atoms. The molecule has 0 rings (SSSR count). The molecule has 0 atom stereocenters.